The fourth-order valence-corrected chi connectivity index (χ4v) is 3.28. The van der Waals surface area contributed by atoms with Gasteiger partial charge < -0.3 is 19.5 Å². The van der Waals surface area contributed by atoms with Crippen molar-refractivity contribution in [1.82, 2.24) is 10.4 Å². The molecule has 4 rings (SSSR count). The number of ether oxygens (including phenoxy) is 3. The van der Waals surface area contributed by atoms with Gasteiger partial charge in [0.1, 0.15) is 22.8 Å². The fourth-order valence-electron chi connectivity index (χ4n) is 3.28. The van der Waals surface area contributed by atoms with Gasteiger partial charge in [-0.1, -0.05) is 30.3 Å². The van der Waals surface area contributed by atoms with Crippen LogP contribution in [-0.4, -0.2) is 43.3 Å². The van der Waals surface area contributed by atoms with Crippen LogP contribution < -0.4 is 25.0 Å². The number of aromatic nitrogens is 1. The van der Waals surface area contributed by atoms with Crippen LogP contribution in [0.3, 0.4) is 0 Å². The van der Waals surface area contributed by atoms with Gasteiger partial charge in [-0.3, -0.25) is 14.6 Å². The normalized spacial score (nSPS) is 10.7. The highest BCUT2D eigenvalue weighted by atomic mass is 16.5. The molecule has 36 heavy (non-hydrogen) atoms. The predicted molar refractivity (Wildman–Crippen MR) is 137 cm³/mol. The smallest absolute Gasteiger partial charge is 0.277 e. The predicted octanol–water partition coefficient (Wildman–Crippen LogP) is 3.79. The number of hydrogen-bond donors (Lipinski definition) is 2. The minimum atomic E-state index is -0.403. The van der Waals surface area contributed by atoms with Gasteiger partial charge >= 0.3 is 0 Å². The molecular formula is C27H24N4O5. The zero-order chi connectivity index (χ0) is 25.2. The second-order valence-corrected chi connectivity index (χ2v) is 7.52. The number of carbonyl (C=O) groups is 2. The molecule has 9 nitrogen and oxygen atoms in total. The van der Waals surface area contributed by atoms with Gasteiger partial charge in [0.2, 0.25) is 0 Å². The van der Waals surface area contributed by atoms with E-state index < -0.39 is 5.91 Å². The molecule has 4 aromatic rings. The minimum absolute atomic E-state index is 0.159. The lowest BCUT2D eigenvalue weighted by Crippen LogP contribution is -2.24. The first-order chi connectivity index (χ1) is 17.6. The third-order valence-corrected chi connectivity index (χ3v) is 4.99. The number of pyridine rings is 1. The first-order valence-electron chi connectivity index (χ1n) is 11.1. The van der Waals surface area contributed by atoms with Crippen LogP contribution >= 0.6 is 0 Å². The first-order valence-corrected chi connectivity index (χ1v) is 11.1. The molecule has 182 valence electrons. The quantitative estimate of drug-likeness (QED) is 0.262. The summed E-state index contributed by atoms with van der Waals surface area (Å²) < 4.78 is 16.3. The van der Waals surface area contributed by atoms with Gasteiger partial charge in [0.15, 0.2) is 13.2 Å². The monoisotopic (exact) mass is 484 g/mol. The van der Waals surface area contributed by atoms with Crippen LogP contribution in [0.2, 0.25) is 0 Å². The van der Waals surface area contributed by atoms with Crippen LogP contribution in [0.25, 0.3) is 10.9 Å². The molecule has 0 radical (unpaired) electrons. The SMILES string of the molecule is COc1ccccc1NC(=O)COc1ccc(/C=N\NC(=O)COc2cccc3cccnc23)cc1. The van der Waals surface area contributed by atoms with E-state index in [9.17, 15) is 9.59 Å². The molecule has 3 aromatic carbocycles. The zero-order valence-corrected chi connectivity index (χ0v) is 19.5. The number of nitrogens with one attached hydrogen (secondary N) is 2. The average molecular weight is 485 g/mol. The Balaban J connectivity index is 1.21. The van der Waals surface area contributed by atoms with Gasteiger partial charge in [-0.05, 0) is 54.1 Å². The Hall–Kier alpha value is -4.92. The van der Waals surface area contributed by atoms with Crippen molar-refractivity contribution in [2.24, 2.45) is 5.10 Å². The highest BCUT2D eigenvalue weighted by Gasteiger charge is 2.08. The van der Waals surface area contributed by atoms with Crippen molar-refractivity contribution in [3.63, 3.8) is 0 Å². The van der Waals surface area contributed by atoms with Crippen LogP contribution in [-0.2, 0) is 9.59 Å². The van der Waals surface area contributed by atoms with Gasteiger partial charge in [-0.25, -0.2) is 5.43 Å². The number of nitrogens with zero attached hydrogens (tertiary/aromatic N) is 2. The Bertz CT molecular complexity index is 1370. The number of para-hydroxylation sites is 3. The molecule has 0 aliphatic heterocycles. The third kappa shape index (κ3) is 6.57. The highest BCUT2D eigenvalue weighted by Crippen LogP contribution is 2.23. The van der Waals surface area contributed by atoms with Gasteiger partial charge in [-0.15, -0.1) is 0 Å². The molecule has 0 saturated carbocycles. The van der Waals surface area contributed by atoms with Crippen molar-refractivity contribution in [1.29, 1.82) is 0 Å². The Morgan fingerprint density at radius 2 is 1.61 bits per heavy atom. The standard InChI is InChI=1S/C27H24N4O5/c1-34-23-9-3-2-8-22(23)30-25(32)17-35-21-13-11-19(12-14-21)16-29-31-26(33)18-36-24-10-4-6-20-7-5-15-28-27(20)24/h2-16H,17-18H2,1H3,(H,30,32)(H,31,33)/b29-16-. The Morgan fingerprint density at radius 1 is 0.861 bits per heavy atom. The summed E-state index contributed by atoms with van der Waals surface area (Å²) in [5.74, 6) is 0.899. The third-order valence-electron chi connectivity index (χ3n) is 4.99. The van der Waals surface area contributed by atoms with Crippen LogP contribution in [0.15, 0.2) is 90.2 Å². The van der Waals surface area contributed by atoms with Crippen LogP contribution in [0.5, 0.6) is 17.2 Å². The average Bonchev–Trinajstić information content (AvgIpc) is 2.91. The lowest BCUT2D eigenvalue weighted by molar-refractivity contribution is -0.123. The van der Waals surface area contributed by atoms with E-state index in [1.54, 1.807) is 54.7 Å². The Morgan fingerprint density at radius 3 is 2.44 bits per heavy atom. The number of carbonyl (C=O) groups excluding carboxylic acids is 2. The van der Waals surface area contributed by atoms with E-state index in [2.05, 4.69) is 20.8 Å². The summed E-state index contributed by atoms with van der Waals surface area (Å²) in [5.41, 5.74) is 4.43. The fraction of sp³-hybridized carbons (Fsp3) is 0.111. The molecule has 0 aliphatic carbocycles. The summed E-state index contributed by atoms with van der Waals surface area (Å²) in [6.07, 6.45) is 3.17. The van der Waals surface area contributed by atoms with Crippen LogP contribution in [0.4, 0.5) is 5.69 Å². The van der Waals surface area contributed by atoms with Crippen molar-refractivity contribution >= 4 is 34.6 Å². The summed E-state index contributed by atoms with van der Waals surface area (Å²) >= 11 is 0. The lowest BCUT2D eigenvalue weighted by atomic mass is 10.2. The number of hydrogen-bond acceptors (Lipinski definition) is 7. The summed E-state index contributed by atoms with van der Waals surface area (Å²) in [7, 11) is 1.54. The summed E-state index contributed by atoms with van der Waals surface area (Å²) in [5, 5.41) is 7.62. The molecule has 0 bridgehead atoms. The lowest BCUT2D eigenvalue weighted by Gasteiger charge is -2.10. The van der Waals surface area contributed by atoms with Crippen LogP contribution in [0.1, 0.15) is 5.56 Å². The summed E-state index contributed by atoms with van der Waals surface area (Å²) in [6, 6.07) is 23.3. The summed E-state index contributed by atoms with van der Waals surface area (Å²) in [4.78, 5) is 28.5. The highest BCUT2D eigenvalue weighted by molar-refractivity contribution is 5.93. The molecule has 0 unspecified atom stereocenters. The van der Waals surface area contributed by atoms with Gasteiger partial charge in [-0.2, -0.15) is 5.10 Å². The molecule has 2 amide bonds. The number of hydrazone groups is 1. The number of anilines is 1. The van der Waals surface area contributed by atoms with Gasteiger partial charge in [0.05, 0.1) is 19.0 Å². The van der Waals surface area contributed by atoms with E-state index >= 15 is 0 Å². The molecule has 0 atom stereocenters. The second kappa shape index (κ2) is 12.0. The van der Waals surface area contributed by atoms with Crippen molar-refractivity contribution in [3.8, 4) is 17.2 Å². The van der Waals surface area contributed by atoms with E-state index in [4.69, 9.17) is 14.2 Å². The number of rotatable bonds is 10. The minimum Gasteiger partial charge on any atom is -0.495 e. The van der Waals surface area contributed by atoms with Crippen molar-refractivity contribution in [2.75, 3.05) is 25.6 Å². The number of methoxy groups -OCH3 is 1. The van der Waals surface area contributed by atoms with Crippen molar-refractivity contribution in [2.45, 2.75) is 0 Å². The van der Waals surface area contributed by atoms with E-state index in [1.165, 1.54) is 13.3 Å². The molecular weight excluding hydrogens is 460 g/mol. The van der Waals surface area contributed by atoms with Crippen molar-refractivity contribution < 1.29 is 23.8 Å². The maximum Gasteiger partial charge on any atom is 0.277 e. The largest absolute Gasteiger partial charge is 0.495 e. The molecule has 9 heteroatoms. The summed E-state index contributed by atoms with van der Waals surface area (Å²) in [6.45, 7) is -0.357. The Kier molecular flexibility index (Phi) is 8.06. The van der Waals surface area contributed by atoms with E-state index in [0.29, 0.717) is 28.5 Å². The van der Waals surface area contributed by atoms with Crippen molar-refractivity contribution in [3.05, 3.63) is 90.6 Å². The van der Waals surface area contributed by atoms with E-state index in [-0.39, 0.29) is 19.1 Å². The maximum absolute atomic E-state index is 12.2. The number of fused-ring (bicyclic) bond motifs is 1. The first kappa shape index (κ1) is 24.2. The molecule has 0 spiro atoms. The van der Waals surface area contributed by atoms with E-state index in [1.807, 2.05) is 30.3 Å². The molecule has 2 N–H and O–H groups in total. The topological polar surface area (TPSA) is 111 Å². The van der Waals surface area contributed by atoms with Crippen LogP contribution in [0, 0.1) is 0 Å². The number of amides is 2. The molecule has 1 heterocycles. The molecule has 0 aliphatic rings. The molecule has 0 fully saturated rings. The van der Waals surface area contributed by atoms with Gasteiger partial charge in [0.25, 0.3) is 11.8 Å². The molecule has 1 aromatic heterocycles. The van der Waals surface area contributed by atoms with Gasteiger partial charge in [0, 0.05) is 11.6 Å². The Labute approximate surface area is 207 Å². The number of benzene rings is 3. The zero-order valence-electron chi connectivity index (χ0n) is 19.5. The second-order valence-electron chi connectivity index (χ2n) is 7.52. The van der Waals surface area contributed by atoms with E-state index in [0.717, 1.165) is 10.9 Å². The maximum atomic E-state index is 12.2. The molecule has 0 saturated heterocycles.